The molecule has 0 radical (unpaired) electrons. The van der Waals surface area contributed by atoms with Crippen LogP contribution in [0.5, 0.6) is 0 Å². The van der Waals surface area contributed by atoms with E-state index in [1.165, 1.54) is 0 Å². The van der Waals surface area contributed by atoms with Crippen molar-refractivity contribution in [3.05, 3.63) is 36.2 Å². The van der Waals surface area contributed by atoms with Gasteiger partial charge in [0.1, 0.15) is 6.29 Å². The summed E-state index contributed by atoms with van der Waals surface area (Å²) in [4.78, 5) is 13.9. The van der Waals surface area contributed by atoms with E-state index in [2.05, 4.69) is 4.98 Å². The van der Waals surface area contributed by atoms with Crippen molar-refractivity contribution in [2.45, 2.75) is 6.42 Å². The molecule has 0 fully saturated rings. The van der Waals surface area contributed by atoms with Crippen molar-refractivity contribution < 1.29 is 4.79 Å². The highest BCUT2D eigenvalue weighted by Gasteiger charge is 1.81. The van der Waals surface area contributed by atoms with Crippen molar-refractivity contribution in [2.24, 2.45) is 0 Å². The third-order valence-corrected chi connectivity index (χ3v) is 1.23. The smallest absolute Gasteiger partial charge is 0.123 e. The number of carbonyl (C=O) groups excluding carboxylic acids is 1. The molecule has 1 heterocycles. The normalized spacial score (nSPS) is 10.2. The number of carbonyl (C=O) groups is 1. The maximum absolute atomic E-state index is 9.93. The molecule has 0 unspecified atom stereocenters. The van der Waals surface area contributed by atoms with E-state index in [4.69, 9.17) is 0 Å². The molecular formula is C9H9NO. The van der Waals surface area contributed by atoms with Crippen LogP contribution in [0.1, 0.15) is 12.0 Å². The summed E-state index contributed by atoms with van der Waals surface area (Å²) in [5, 5.41) is 0. The van der Waals surface area contributed by atoms with Crippen molar-refractivity contribution in [3.8, 4) is 0 Å². The monoisotopic (exact) mass is 147 g/mol. The first-order valence-corrected chi connectivity index (χ1v) is 3.43. The quantitative estimate of drug-likeness (QED) is 0.609. The average molecular weight is 147 g/mol. The number of nitrogens with zero attached hydrogens (tertiary/aromatic N) is 1. The minimum absolute atomic E-state index is 0.467. The van der Waals surface area contributed by atoms with E-state index < -0.39 is 0 Å². The van der Waals surface area contributed by atoms with Gasteiger partial charge in [0.05, 0.1) is 0 Å². The highest BCUT2D eigenvalue weighted by molar-refractivity contribution is 5.57. The Morgan fingerprint density at radius 2 is 2.45 bits per heavy atom. The van der Waals surface area contributed by atoms with Gasteiger partial charge in [0, 0.05) is 18.8 Å². The summed E-state index contributed by atoms with van der Waals surface area (Å²) in [6.45, 7) is 0. The predicted molar refractivity (Wildman–Crippen MR) is 44.0 cm³/mol. The lowest BCUT2D eigenvalue weighted by Crippen LogP contribution is -1.73. The van der Waals surface area contributed by atoms with Crippen LogP contribution >= 0.6 is 0 Å². The molecule has 1 aromatic heterocycles. The molecule has 0 bridgehead atoms. The molecule has 0 spiro atoms. The van der Waals surface area contributed by atoms with Gasteiger partial charge in [-0.1, -0.05) is 18.2 Å². The van der Waals surface area contributed by atoms with E-state index in [1.54, 1.807) is 12.4 Å². The van der Waals surface area contributed by atoms with Gasteiger partial charge in [-0.3, -0.25) is 4.98 Å². The minimum atomic E-state index is 0.467. The lowest BCUT2D eigenvalue weighted by molar-refractivity contribution is -0.107. The van der Waals surface area contributed by atoms with Gasteiger partial charge in [-0.25, -0.2) is 0 Å². The van der Waals surface area contributed by atoms with Crippen molar-refractivity contribution in [2.75, 3.05) is 0 Å². The Bertz CT molecular complexity index is 241. The van der Waals surface area contributed by atoms with Crippen LogP contribution < -0.4 is 0 Å². The highest BCUT2D eigenvalue weighted by atomic mass is 16.1. The van der Waals surface area contributed by atoms with E-state index in [-0.39, 0.29) is 0 Å². The van der Waals surface area contributed by atoms with Crippen LogP contribution in [0.3, 0.4) is 0 Å². The van der Waals surface area contributed by atoms with Gasteiger partial charge in [0.2, 0.25) is 0 Å². The summed E-state index contributed by atoms with van der Waals surface area (Å²) < 4.78 is 0. The Morgan fingerprint density at radius 1 is 1.55 bits per heavy atom. The fraction of sp³-hybridized carbons (Fsp3) is 0.111. The van der Waals surface area contributed by atoms with Crippen molar-refractivity contribution in [3.63, 3.8) is 0 Å². The molecule has 0 saturated carbocycles. The Hall–Kier alpha value is -1.44. The summed E-state index contributed by atoms with van der Waals surface area (Å²) in [5.74, 6) is 0. The molecular weight excluding hydrogens is 138 g/mol. The summed E-state index contributed by atoms with van der Waals surface area (Å²) in [6.07, 6.45) is 8.49. The Labute approximate surface area is 65.6 Å². The number of aldehydes is 1. The van der Waals surface area contributed by atoms with Crippen LogP contribution in [-0.2, 0) is 4.79 Å². The van der Waals surface area contributed by atoms with Gasteiger partial charge in [-0.2, -0.15) is 0 Å². The highest BCUT2D eigenvalue weighted by Crippen LogP contribution is 1.98. The van der Waals surface area contributed by atoms with E-state index in [0.717, 1.165) is 11.8 Å². The zero-order chi connectivity index (χ0) is 7.94. The van der Waals surface area contributed by atoms with Gasteiger partial charge in [0.25, 0.3) is 0 Å². The molecule has 1 rings (SSSR count). The van der Waals surface area contributed by atoms with Gasteiger partial charge < -0.3 is 4.79 Å². The van der Waals surface area contributed by atoms with Gasteiger partial charge >= 0.3 is 0 Å². The zero-order valence-corrected chi connectivity index (χ0v) is 6.10. The maximum Gasteiger partial charge on any atom is 0.123 e. The number of hydrogen-bond donors (Lipinski definition) is 0. The minimum Gasteiger partial charge on any atom is -0.303 e. The van der Waals surface area contributed by atoms with Crippen LogP contribution in [0.2, 0.25) is 0 Å². The van der Waals surface area contributed by atoms with Gasteiger partial charge in [0.15, 0.2) is 0 Å². The van der Waals surface area contributed by atoms with Crippen molar-refractivity contribution in [1.29, 1.82) is 0 Å². The van der Waals surface area contributed by atoms with E-state index in [0.29, 0.717) is 6.42 Å². The first-order chi connectivity index (χ1) is 5.43. The molecule has 0 aliphatic carbocycles. The van der Waals surface area contributed by atoms with Crippen molar-refractivity contribution >= 4 is 12.4 Å². The summed E-state index contributed by atoms with van der Waals surface area (Å²) in [7, 11) is 0. The van der Waals surface area contributed by atoms with Crippen molar-refractivity contribution in [1.82, 2.24) is 4.98 Å². The molecule has 0 N–H and O–H groups in total. The first kappa shape index (κ1) is 7.66. The number of pyridine rings is 1. The molecule has 0 aliphatic rings. The molecule has 56 valence electrons. The molecule has 11 heavy (non-hydrogen) atoms. The molecule has 0 aromatic carbocycles. The van der Waals surface area contributed by atoms with Crippen LogP contribution in [0.15, 0.2) is 30.6 Å². The second-order valence-corrected chi connectivity index (χ2v) is 2.09. The molecule has 0 atom stereocenters. The van der Waals surface area contributed by atoms with E-state index in [9.17, 15) is 4.79 Å². The predicted octanol–water partition coefficient (Wildman–Crippen LogP) is 1.68. The lowest BCUT2D eigenvalue weighted by Gasteiger charge is -1.87. The van der Waals surface area contributed by atoms with Crippen LogP contribution in [0.4, 0.5) is 0 Å². The van der Waals surface area contributed by atoms with E-state index in [1.807, 2.05) is 24.3 Å². The van der Waals surface area contributed by atoms with E-state index >= 15 is 0 Å². The third kappa shape index (κ3) is 2.76. The van der Waals surface area contributed by atoms with Crippen LogP contribution in [0.25, 0.3) is 6.08 Å². The molecule has 2 heteroatoms. The number of hydrogen-bond acceptors (Lipinski definition) is 2. The standard InChI is InChI=1S/C9H9NO/c11-7-2-1-4-9-5-3-6-10-8-9/h1,3-8H,2H2/b4-1-. The Balaban J connectivity index is 2.57. The molecule has 0 amide bonds. The number of rotatable bonds is 3. The summed E-state index contributed by atoms with van der Waals surface area (Å²) in [6, 6.07) is 3.80. The maximum atomic E-state index is 9.93. The number of allylic oxidation sites excluding steroid dienone is 1. The molecule has 0 aliphatic heterocycles. The third-order valence-electron chi connectivity index (χ3n) is 1.23. The molecule has 2 nitrogen and oxygen atoms in total. The Morgan fingerprint density at radius 3 is 3.09 bits per heavy atom. The fourth-order valence-electron chi connectivity index (χ4n) is 0.734. The largest absolute Gasteiger partial charge is 0.303 e. The number of aromatic nitrogens is 1. The Kier molecular flexibility index (Phi) is 3.06. The lowest BCUT2D eigenvalue weighted by atomic mass is 10.2. The molecule has 0 saturated heterocycles. The average Bonchev–Trinajstić information content (AvgIpc) is 2.07. The second-order valence-electron chi connectivity index (χ2n) is 2.09. The summed E-state index contributed by atoms with van der Waals surface area (Å²) in [5.41, 5.74) is 1.02. The summed E-state index contributed by atoms with van der Waals surface area (Å²) >= 11 is 0. The zero-order valence-electron chi connectivity index (χ0n) is 6.10. The first-order valence-electron chi connectivity index (χ1n) is 3.43. The van der Waals surface area contributed by atoms with Crippen LogP contribution in [0, 0.1) is 0 Å². The van der Waals surface area contributed by atoms with Crippen LogP contribution in [-0.4, -0.2) is 11.3 Å². The SMILES string of the molecule is O=CC/C=C\c1cccnc1. The molecule has 1 aromatic rings. The van der Waals surface area contributed by atoms with Gasteiger partial charge in [-0.05, 0) is 11.6 Å². The topological polar surface area (TPSA) is 30.0 Å². The fourth-order valence-corrected chi connectivity index (χ4v) is 0.734. The van der Waals surface area contributed by atoms with Gasteiger partial charge in [-0.15, -0.1) is 0 Å². The second kappa shape index (κ2) is 4.39.